The van der Waals surface area contributed by atoms with Gasteiger partial charge in [0.1, 0.15) is 16.9 Å². The number of esters is 1. The second-order valence-corrected chi connectivity index (χ2v) is 5.12. The Labute approximate surface area is 134 Å². The fourth-order valence-electron chi connectivity index (χ4n) is 2.42. The normalized spacial score (nSPS) is 10.9. The van der Waals surface area contributed by atoms with Crippen molar-refractivity contribution >= 4 is 17.0 Å². The number of H-pyrrole nitrogens is 2. The molecule has 0 atom stereocenters. The molecule has 0 aliphatic rings. The van der Waals surface area contributed by atoms with Crippen LogP contribution in [0.5, 0.6) is 0 Å². The first-order valence-electron chi connectivity index (χ1n) is 7.28. The van der Waals surface area contributed by atoms with Gasteiger partial charge < -0.3 is 9.72 Å². The van der Waals surface area contributed by atoms with Crippen LogP contribution in [0.3, 0.4) is 0 Å². The molecule has 0 saturated heterocycles. The summed E-state index contributed by atoms with van der Waals surface area (Å²) in [5.41, 5.74) is -0.155. The summed E-state index contributed by atoms with van der Waals surface area (Å²) in [5, 5.41) is 2.70. The number of carbonyl (C=O) groups is 1. The van der Waals surface area contributed by atoms with Crippen molar-refractivity contribution in [1.82, 2.24) is 14.8 Å². The highest BCUT2D eigenvalue weighted by Gasteiger charge is 2.14. The molecule has 0 aliphatic carbocycles. The number of aromatic nitrogens is 3. The largest absolute Gasteiger partial charge is 0.466 e. The van der Waals surface area contributed by atoms with E-state index >= 15 is 0 Å². The summed E-state index contributed by atoms with van der Waals surface area (Å²) in [4.78, 5) is 39.0. The number of hydrogen-bond acceptors (Lipinski definition) is 4. The SMILES string of the molecule is CCOC(=O)Cc1cc(=O)c2c(=O)n(-c3ccc(F)cc3)[nH]c2[nH]1. The van der Waals surface area contributed by atoms with Crippen LogP contribution in [0.25, 0.3) is 16.7 Å². The molecular formula is C16H14FN3O4. The zero-order valence-corrected chi connectivity index (χ0v) is 12.8. The highest BCUT2D eigenvalue weighted by Crippen LogP contribution is 2.09. The highest BCUT2D eigenvalue weighted by molar-refractivity contribution is 5.77. The lowest BCUT2D eigenvalue weighted by Crippen LogP contribution is -2.19. The van der Waals surface area contributed by atoms with Crippen molar-refractivity contribution in [2.45, 2.75) is 13.3 Å². The van der Waals surface area contributed by atoms with Gasteiger partial charge in [-0.05, 0) is 31.2 Å². The first-order chi connectivity index (χ1) is 11.5. The average molecular weight is 331 g/mol. The van der Waals surface area contributed by atoms with Gasteiger partial charge in [0.05, 0.1) is 18.7 Å². The predicted molar refractivity (Wildman–Crippen MR) is 84.8 cm³/mol. The van der Waals surface area contributed by atoms with E-state index in [4.69, 9.17) is 4.74 Å². The molecule has 1 aromatic carbocycles. The summed E-state index contributed by atoms with van der Waals surface area (Å²) in [7, 11) is 0. The van der Waals surface area contributed by atoms with E-state index in [1.165, 1.54) is 30.3 Å². The Hall–Kier alpha value is -3.16. The van der Waals surface area contributed by atoms with Gasteiger partial charge in [-0.2, -0.15) is 0 Å². The summed E-state index contributed by atoms with van der Waals surface area (Å²) >= 11 is 0. The van der Waals surface area contributed by atoms with Gasteiger partial charge in [-0.25, -0.2) is 9.07 Å². The van der Waals surface area contributed by atoms with Crippen LogP contribution in [-0.2, 0) is 16.0 Å². The third-order valence-electron chi connectivity index (χ3n) is 3.45. The van der Waals surface area contributed by atoms with E-state index in [1.807, 2.05) is 0 Å². The van der Waals surface area contributed by atoms with Crippen LogP contribution in [0.2, 0.25) is 0 Å². The Morgan fingerprint density at radius 3 is 2.62 bits per heavy atom. The fraction of sp³-hybridized carbons (Fsp3) is 0.188. The molecule has 0 fully saturated rings. The van der Waals surface area contributed by atoms with Gasteiger partial charge >= 0.3 is 5.97 Å². The zero-order chi connectivity index (χ0) is 17.3. The maximum atomic E-state index is 13.0. The van der Waals surface area contributed by atoms with Crippen molar-refractivity contribution in [1.29, 1.82) is 0 Å². The quantitative estimate of drug-likeness (QED) is 0.703. The van der Waals surface area contributed by atoms with Gasteiger partial charge in [0, 0.05) is 11.8 Å². The molecule has 2 N–H and O–H groups in total. The molecule has 0 amide bonds. The van der Waals surface area contributed by atoms with Gasteiger partial charge in [-0.3, -0.25) is 19.5 Å². The maximum Gasteiger partial charge on any atom is 0.311 e. The number of carbonyl (C=O) groups excluding carboxylic acids is 1. The molecule has 2 aromatic heterocycles. The van der Waals surface area contributed by atoms with Gasteiger partial charge in [0.25, 0.3) is 5.56 Å². The number of pyridine rings is 1. The second kappa shape index (κ2) is 6.15. The van der Waals surface area contributed by atoms with Crippen LogP contribution in [0, 0.1) is 5.82 Å². The third kappa shape index (κ3) is 2.85. The van der Waals surface area contributed by atoms with Crippen molar-refractivity contribution < 1.29 is 13.9 Å². The lowest BCUT2D eigenvalue weighted by Gasteiger charge is -2.02. The summed E-state index contributed by atoms with van der Waals surface area (Å²) in [6.07, 6.45) is -0.108. The van der Waals surface area contributed by atoms with Gasteiger partial charge in [0.15, 0.2) is 5.43 Å². The van der Waals surface area contributed by atoms with Crippen LogP contribution < -0.4 is 11.0 Å². The van der Waals surface area contributed by atoms with Crippen LogP contribution in [0.4, 0.5) is 4.39 Å². The van der Waals surface area contributed by atoms with Gasteiger partial charge in [-0.1, -0.05) is 0 Å². The summed E-state index contributed by atoms with van der Waals surface area (Å²) < 4.78 is 19.0. The van der Waals surface area contributed by atoms with E-state index in [2.05, 4.69) is 10.1 Å². The van der Waals surface area contributed by atoms with E-state index in [0.29, 0.717) is 11.4 Å². The smallest absolute Gasteiger partial charge is 0.311 e. The second-order valence-electron chi connectivity index (χ2n) is 5.12. The molecule has 0 bridgehead atoms. The summed E-state index contributed by atoms with van der Waals surface area (Å²) in [6.45, 7) is 1.92. The molecule has 0 unspecified atom stereocenters. The van der Waals surface area contributed by atoms with E-state index in [1.54, 1.807) is 6.92 Å². The van der Waals surface area contributed by atoms with Crippen molar-refractivity contribution in [3.8, 4) is 5.69 Å². The van der Waals surface area contributed by atoms with Gasteiger partial charge in [0.2, 0.25) is 0 Å². The summed E-state index contributed by atoms with van der Waals surface area (Å²) in [6, 6.07) is 6.44. The Morgan fingerprint density at radius 2 is 1.96 bits per heavy atom. The number of ether oxygens (including phenoxy) is 1. The Balaban J connectivity index is 2.09. The number of hydrogen-bond donors (Lipinski definition) is 2. The number of rotatable bonds is 4. The molecular weight excluding hydrogens is 317 g/mol. The number of nitrogens with zero attached hydrogens (tertiary/aromatic N) is 1. The molecule has 2 heterocycles. The third-order valence-corrected chi connectivity index (χ3v) is 3.45. The molecule has 0 radical (unpaired) electrons. The Kier molecular flexibility index (Phi) is 4.03. The van der Waals surface area contributed by atoms with E-state index in [9.17, 15) is 18.8 Å². The molecule has 0 aliphatic heterocycles. The van der Waals surface area contributed by atoms with E-state index in [-0.39, 0.29) is 24.1 Å². The minimum atomic E-state index is -0.555. The zero-order valence-electron chi connectivity index (χ0n) is 12.8. The number of fused-ring (bicyclic) bond motifs is 1. The first kappa shape index (κ1) is 15.7. The van der Waals surface area contributed by atoms with E-state index < -0.39 is 22.8 Å². The van der Waals surface area contributed by atoms with Crippen molar-refractivity contribution in [2.75, 3.05) is 6.61 Å². The minimum absolute atomic E-state index is 0.0630. The molecule has 3 rings (SSSR count). The molecule has 7 nitrogen and oxygen atoms in total. The number of aromatic amines is 2. The Morgan fingerprint density at radius 1 is 1.25 bits per heavy atom. The van der Waals surface area contributed by atoms with Crippen LogP contribution in [0.15, 0.2) is 39.9 Å². The highest BCUT2D eigenvalue weighted by atomic mass is 19.1. The lowest BCUT2D eigenvalue weighted by atomic mass is 10.2. The average Bonchev–Trinajstić information content (AvgIpc) is 2.85. The van der Waals surface area contributed by atoms with Crippen molar-refractivity contribution in [3.63, 3.8) is 0 Å². The minimum Gasteiger partial charge on any atom is -0.466 e. The fourth-order valence-corrected chi connectivity index (χ4v) is 2.42. The number of benzene rings is 1. The standard InChI is InChI=1S/C16H14FN3O4/c1-2-24-13(22)8-10-7-12(21)14-15(18-10)19-20(16(14)23)11-5-3-9(17)4-6-11/h3-7H,2,8H2,1H3,(H2,18,19,21). The first-order valence-corrected chi connectivity index (χ1v) is 7.28. The predicted octanol–water partition coefficient (Wildman–Crippen LogP) is 1.25. The molecule has 0 spiro atoms. The monoisotopic (exact) mass is 331 g/mol. The van der Waals surface area contributed by atoms with E-state index in [0.717, 1.165) is 4.68 Å². The topological polar surface area (TPSA) is 96.9 Å². The molecule has 0 saturated carbocycles. The summed E-state index contributed by atoms with van der Waals surface area (Å²) in [5.74, 6) is -0.913. The molecule has 3 aromatic rings. The molecule has 8 heteroatoms. The Bertz CT molecular complexity index is 1010. The number of halogens is 1. The van der Waals surface area contributed by atoms with Crippen LogP contribution in [-0.4, -0.2) is 27.3 Å². The van der Waals surface area contributed by atoms with Crippen molar-refractivity contribution in [3.05, 3.63) is 62.4 Å². The maximum absolute atomic E-state index is 13.0. The molecule has 124 valence electrons. The lowest BCUT2D eigenvalue weighted by molar-refractivity contribution is -0.142. The van der Waals surface area contributed by atoms with Crippen LogP contribution in [0.1, 0.15) is 12.6 Å². The number of nitrogens with one attached hydrogen (secondary N) is 2. The van der Waals surface area contributed by atoms with Crippen molar-refractivity contribution in [2.24, 2.45) is 0 Å². The molecule has 24 heavy (non-hydrogen) atoms. The van der Waals surface area contributed by atoms with Gasteiger partial charge in [-0.15, -0.1) is 0 Å². The van der Waals surface area contributed by atoms with Crippen LogP contribution >= 0.6 is 0 Å².